The Morgan fingerprint density at radius 1 is 1.24 bits per heavy atom. The molecular weight excluding hydrogens is 324 g/mol. The fourth-order valence-electron chi connectivity index (χ4n) is 1.89. The molecule has 1 amide bonds. The largest absolute Gasteiger partial charge is 0.482 e. The molecule has 7 nitrogen and oxygen atoms in total. The SMILES string of the molecule is CCC(C)Oc1cc(C(=O)Nc2ccc(OCC(=O)O)cc2)ccn1. The Hall–Kier alpha value is -3.09. The average Bonchev–Trinajstić information content (AvgIpc) is 2.61. The summed E-state index contributed by atoms with van der Waals surface area (Å²) in [4.78, 5) is 26.9. The highest BCUT2D eigenvalue weighted by Crippen LogP contribution is 2.18. The summed E-state index contributed by atoms with van der Waals surface area (Å²) in [5.41, 5.74) is 0.994. The van der Waals surface area contributed by atoms with E-state index in [4.69, 9.17) is 14.6 Å². The van der Waals surface area contributed by atoms with E-state index in [9.17, 15) is 9.59 Å². The summed E-state index contributed by atoms with van der Waals surface area (Å²) in [5, 5.41) is 11.3. The van der Waals surface area contributed by atoms with E-state index in [1.807, 2.05) is 13.8 Å². The Bertz CT molecular complexity index is 731. The Labute approximate surface area is 145 Å². The van der Waals surface area contributed by atoms with E-state index >= 15 is 0 Å². The van der Waals surface area contributed by atoms with E-state index in [1.165, 1.54) is 6.20 Å². The number of pyridine rings is 1. The van der Waals surface area contributed by atoms with Crippen molar-refractivity contribution in [3.63, 3.8) is 0 Å². The maximum absolute atomic E-state index is 12.3. The number of carbonyl (C=O) groups is 2. The molecule has 132 valence electrons. The highest BCUT2D eigenvalue weighted by molar-refractivity contribution is 6.04. The highest BCUT2D eigenvalue weighted by Gasteiger charge is 2.10. The van der Waals surface area contributed by atoms with Gasteiger partial charge >= 0.3 is 5.97 Å². The first-order valence-corrected chi connectivity index (χ1v) is 7.86. The van der Waals surface area contributed by atoms with Gasteiger partial charge in [-0.1, -0.05) is 6.92 Å². The van der Waals surface area contributed by atoms with E-state index in [1.54, 1.807) is 36.4 Å². The molecule has 25 heavy (non-hydrogen) atoms. The number of ether oxygens (including phenoxy) is 2. The summed E-state index contributed by atoms with van der Waals surface area (Å²) in [6.45, 7) is 3.52. The standard InChI is InChI=1S/C18H20N2O5/c1-3-12(2)25-16-10-13(8-9-19-16)18(23)20-14-4-6-15(7-5-14)24-11-17(21)22/h4-10,12H,3,11H2,1-2H3,(H,20,23)(H,21,22). The number of rotatable bonds is 8. The fourth-order valence-corrected chi connectivity index (χ4v) is 1.89. The first kappa shape index (κ1) is 18.3. The van der Waals surface area contributed by atoms with Crippen LogP contribution in [0.1, 0.15) is 30.6 Å². The van der Waals surface area contributed by atoms with Crippen molar-refractivity contribution in [3.05, 3.63) is 48.2 Å². The van der Waals surface area contributed by atoms with Crippen LogP contribution in [-0.2, 0) is 4.79 Å². The minimum absolute atomic E-state index is 0.0177. The molecule has 2 rings (SSSR count). The Balaban J connectivity index is 1.99. The maximum Gasteiger partial charge on any atom is 0.341 e. The zero-order valence-corrected chi connectivity index (χ0v) is 14.1. The van der Waals surface area contributed by atoms with Gasteiger partial charge in [0.15, 0.2) is 6.61 Å². The van der Waals surface area contributed by atoms with Crippen molar-refractivity contribution in [1.29, 1.82) is 0 Å². The van der Waals surface area contributed by atoms with E-state index in [-0.39, 0.29) is 12.0 Å². The smallest absolute Gasteiger partial charge is 0.341 e. The van der Waals surface area contributed by atoms with Gasteiger partial charge in [0.25, 0.3) is 5.91 Å². The molecule has 1 unspecified atom stereocenters. The molecule has 0 aliphatic carbocycles. The molecule has 1 aromatic heterocycles. The molecule has 1 atom stereocenters. The van der Waals surface area contributed by atoms with Gasteiger partial charge < -0.3 is 19.9 Å². The van der Waals surface area contributed by atoms with Crippen LogP contribution < -0.4 is 14.8 Å². The quantitative estimate of drug-likeness (QED) is 0.764. The van der Waals surface area contributed by atoms with Crippen molar-refractivity contribution in [2.75, 3.05) is 11.9 Å². The Morgan fingerprint density at radius 2 is 1.96 bits per heavy atom. The molecule has 0 radical (unpaired) electrons. The maximum atomic E-state index is 12.3. The topological polar surface area (TPSA) is 97.8 Å². The van der Waals surface area contributed by atoms with Gasteiger partial charge in [-0.15, -0.1) is 0 Å². The number of aromatic nitrogens is 1. The lowest BCUT2D eigenvalue weighted by Crippen LogP contribution is -2.14. The molecule has 7 heteroatoms. The fraction of sp³-hybridized carbons (Fsp3) is 0.278. The predicted molar refractivity (Wildman–Crippen MR) is 92.1 cm³/mol. The molecule has 2 aromatic rings. The molecule has 0 saturated heterocycles. The number of aliphatic carboxylic acids is 1. The summed E-state index contributed by atoms with van der Waals surface area (Å²) in [5.74, 6) is -0.533. The molecule has 1 heterocycles. The van der Waals surface area contributed by atoms with E-state index in [0.29, 0.717) is 22.9 Å². The van der Waals surface area contributed by atoms with E-state index in [2.05, 4.69) is 10.3 Å². The van der Waals surface area contributed by atoms with Crippen LogP contribution in [0.2, 0.25) is 0 Å². The summed E-state index contributed by atoms with van der Waals surface area (Å²) >= 11 is 0. The van der Waals surface area contributed by atoms with Crippen LogP contribution >= 0.6 is 0 Å². The first-order chi connectivity index (χ1) is 12.0. The number of carboxylic acid groups (broad SMARTS) is 1. The number of hydrogen-bond donors (Lipinski definition) is 2. The summed E-state index contributed by atoms with van der Waals surface area (Å²) in [7, 11) is 0. The average molecular weight is 344 g/mol. The van der Waals surface area contributed by atoms with Crippen LogP contribution in [0.25, 0.3) is 0 Å². The van der Waals surface area contributed by atoms with Crippen molar-refractivity contribution in [3.8, 4) is 11.6 Å². The monoisotopic (exact) mass is 344 g/mol. The van der Waals surface area contributed by atoms with Gasteiger partial charge in [-0.2, -0.15) is 0 Å². The molecule has 0 bridgehead atoms. The van der Waals surface area contributed by atoms with Crippen LogP contribution in [0.4, 0.5) is 5.69 Å². The third-order valence-electron chi connectivity index (χ3n) is 3.37. The predicted octanol–water partition coefficient (Wildman–Crippen LogP) is 2.97. The zero-order valence-electron chi connectivity index (χ0n) is 14.1. The molecule has 0 fully saturated rings. The lowest BCUT2D eigenvalue weighted by Gasteiger charge is -2.12. The van der Waals surface area contributed by atoms with Crippen LogP contribution in [0.5, 0.6) is 11.6 Å². The van der Waals surface area contributed by atoms with Gasteiger partial charge in [0, 0.05) is 23.5 Å². The second-order valence-electron chi connectivity index (χ2n) is 5.38. The highest BCUT2D eigenvalue weighted by atomic mass is 16.5. The second-order valence-corrected chi connectivity index (χ2v) is 5.38. The second kappa shape index (κ2) is 8.68. The zero-order chi connectivity index (χ0) is 18.2. The minimum atomic E-state index is -1.05. The lowest BCUT2D eigenvalue weighted by molar-refractivity contribution is -0.139. The number of benzene rings is 1. The van der Waals surface area contributed by atoms with Crippen molar-refractivity contribution >= 4 is 17.6 Å². The van der Waals surface area contributed by atoms with Crippen LogP contribution in [-0.4, -0.2) is 34.7 Å². The number of anilines is 1. The number of nitrogens with zero attached hydrogens (tertiary/aromatic N) is 1. The molecule has 0 spiro atoms. The van der Waals surface area contributed by atoms with Gasteiger partial charge in [0.1, 0.15) is 5.75 Å². The van der Waals surface area contributed by atoms with Crippen LogP contribution in [0.3, 0.4) is 0 Å². The van der Waals surface area contributed by atoms with Crippen molar-refractivity contribution < 1.29 is 24.2 Å². The molecule has 0 aliphatic heterocycles. The normalized spacial score (nSPS) is 11.4. The molecule has 2 N–H and O–H groups in total. The Kier molecular flexibility index (Phi) is 6.33. The number of carbonyl (C=O) groups excluding carboxylic acids is 1. The van der Waals surface area contributed by atoms with E-state index in [0.717, 1.165) is 6.42 Å². The molecule has 1 aromatic carbocycles. The summed E-state index contributed by atoms with van der Waals surface area (Å²) in [6.07, 6.45) is 2.38. The van der Waals surface area contributed by atoms with E-state index < -0.39 is 12.6 Å². The van der Waals surface area contributed by atoms with Crippen molar-refractivity contribution in [2.24, 2.45) is 0 Å². The van der Waals surface area contributed by atoms with Gasteiger partial charge in [0.05, 0.1) is 6.10 Å². The summed E-state index contributed by atoms with van der Waals surface area (Å²) < 4.78 is 10.6. The van der Waals surface area contributed by atoms with Crippen molar-refractivity contribution in [2.45, 2.75) is 26.4 Å². The van der Waals surface area contributed by atoms with Crippen molar-refractivity contribution in [1.82, 2.24) is 4.98 Å². The summed E-state index contributed by atoms with van der Waals surface area (Å²) in [6, 6.07) is 9.62. The van der Waals surface area contributed by atoms with Gasteiger partial charge in [-0.25, -0.2) is 9.78 Å². The van der Waals surface area contributed by atoms with Gasteiger partial charge in [0.2, 0.25) is 5.88 Å². The molecule has 0 saturated carbocycles. The van der Waals surface area contributed by atoms with Gasteiger partial charge in [-0.3, -0.25) is 4.79 Å². The third kappa shape index (κ3) is 5.80. The molecule has 0 aliphatic rings. The number of amides is 1. The lowest BCUT2D eigenvalue weighted by atomic mass is 10.2. The Morgan fingerprint density at radius 3 is 2.60 bits per heavy atom. The van der Waals surface area contributed by atoms with Crippen LogP contribution in [0.15, 0.2) is 42.6 Å². The first-order valence-electron chi connectivity index (χ1n) is 7.86. The van der Waals surface area contributed by atoms with Gasteiger partial charge in [-0.05, 0) is 43.7 Å². The molecular formula is C18H20N2O5. The number of hydrogen-bond acceptors (Lipinski definition) is 5. The number of carboxylic acids is 1. The van der Waals surface area contributed by atoms with Crippen LogP contribution in [0, 0.1) is 0 Å². The number of nitrogens with one attached hydrogen (secondary N) is 1. The third-order valence-corrected chi connectivity index (χ3v) is 3.37. The minimum Gasteiger partial charge on any atom is -0.482 e.